The van der Waals surface area contributed by atoms with Gasteiger partial charge < -0.3 is 9.64 Å². The zero-order valence-corrected chi connectivity index (χ0v) is 13.3. The minimum atomic E-state index is -4.60. The SMILES string of the molecule is O=C(c1cccnc1OCC(F)(F)F)N1CCCc2c(F)cc(F)cc21. The lowest BCUT2D eigenvalue weighted by molar-refractivity contribution is -0.154. The van der Waals surface area contributed by atoms with Gasteiger partial charge in [0.25, 0.3) is 5.91 Å². The number of hydrogen-bond donors (Lipinski definition) is 0. The lowest BCUT2D eigenvalue weighted by atomic mass is 10.00. The Balaban J connectivity index is 1.95. The highest BCUT2D eigenvalue weighted by molar-refractivity contribution is 6.08. The van der Waals surface area contributed by atoms with Crippen LogP contribution in [0.2, 0.25) is 0 Å². The summed E-state index contributed by atoms with van der Waals surface area (Å²) in [6.07, 6.45) is -2.65. The van der Waals surface area contributed by atoms with Crippen LogP contribution in [0.15, 0.2) is 30.5 Å². The van der Waals surface area contributed by atoms with E-state index in [2.05, 4.69) is 9.72 Å². The summed E-state index contributed by atoms with van der Waals surface area (Å²) in [5, 5.41) is 0. The number of carbonyl (C=O) groups is 1. The van der Waals surface area contributed by atoms with Crippen LogP contribution in [0.5, 0.6) is 5.88 Å². The van der Waals surface area contributed by atoms with Gasteiger partial charge in [0.2, 0.25) is 5.88 Å². The molecule has 0 fully saturated rings. The predicted molar refractivity (Wildman–Crippen MR) is 82.1 cm³/mol. The molecule has 1 aromatic heterocycles. The van der Waals surface area contributed by atoms with Gasteiger partial charge in [0.15, 0.2) is 6.61 Å². The fourth-order valence-electron chi connectivity index (χ4n) is 2.79. The van der Waals surface area contributed by atoms with Gasteiger partial charge in [-0.1, -0.05) is 0 Å². The van der Waals surface area contributed by atoms with E-state index in [0.29, 0.717) is 12.8 Å². The van der Waals surface area contributed by atoms with Crippen molar-refractivity contribution in [2.24, 2.45) is 0 Å². The second kappa shape index (κ2) is 6.89. The highest BCUT2D eigenvalue weighted by Gasteiger charge is 2.32. The number of hydrogen-bond acceptors (Lipinski definition) is 3. The molecule has 1 aliphatic rings. The molecule has 1 aliphatic heterocycles. The van der Waals surface area contributed by atoms with Gasteiger partial charge in [-0.2, -0.15) is 13.2 Å². The molecular formula is C17H13F5N2O2. The first-order valence-corrected chi connectivity index (χ1v) is 7.70. The Labute approximate surface area is 145 Å². The van der Waals surface area contributed by atoms with Crippen molar-refractivity contribution >= 4 is 11.6 Å². The first-order chi connectivity index (χ1) is 12.3. The number of pyridine rings is 1. The lowest BCUT2D eigenvalue weighted by Crippen LogP contribution is -2.36. The molecule has 0 spiro atoms. The molecule has 1 aromatic carbocycles. The molecule has 0 atom stereocenters. The summed E-state index contributed by atoms with van der Waals surface area (Å²) in [5.41, 5.74) is 0.0336. The van der Waals surface area contributed by atoms with Gasteiger partial charge >= 0.3 is 6.18 Å². The van der Waals surface area contributed by atoms with Crippen molar-refractivity contribution in [2.75, 3.05) is 18.1 Å². The molecule has 0 unspecified atom stereocenters. The van der Waals surface area contributed by atoms with Crippen LogP contribution in [0.25, 0.3) is 0 Å². The number of alkyl halides is 3. The van der Waals surface area contributed by atoms with Gasteiger partial charge in [-0.15, -0.1) is 0 Å². The molecule has 0 radical (unpaired) electrons. The van der Waals surface area contributed by atoms with Crippen LogP contribution in [0.1, 0.15) is 22.3 Å². The van der Waals surface area contributed by atoms with Crippen LogP contribution in [0, 0.1) is 11.6 Å². The molecule has 2 heterocycles. The summed E-state index contributed by atoms with van der Waals surface area (Å²) in [6, 6.07) is 4.38. The number of halogens is 5. The Hall–Kier alpha value is -2.71. The third kappa shape index (κ3) is 3.76. The summed E-state index contributed by atoms with van der Waals surface area (Å²) in [7, 11) is 0. The van der Waals surface area contributed by atoms with E-state index < -0.39 is 36.2 Å². The third-order valence-corrected chi connectivity index (χ3v) is 3.86. The van der Waals surface area contributed by atoms with Crippen molar-refractivity contribution < 1.29 is 31.5 Å². The van der Waals surface area contributed by atoms with Gasteiger partial charge in [0.05, 0.1) is 5.69 Å². The van der Waals surface area contributed by atoms with Crippen LogP contribution >= 0.6 is 0 Å². The van der Waals surface area contributed by atoms with Gasteiger partial charge in [0, 0.05) is 24.4 Å². The smallest absolute Gasteiger partial charge is 0.422 e. The van der Waals surface area contributed by atoms with E-state index in [1.54, 1.807) is 0 Å². The topological polar surface area (TPSA) is 42.4 Å². The maximum Gasteiger partial charge on any atom is 0.422 e. The Morgan fingerprint density at radius 2 is 2.04 bits per heavy atom. The Morgan fingerprint density at radius 3 is 2.77 bits per heavy atom. The fourth-order valence-corrected chi connectivity index (χ4v) is 2.79. The zero-order chi connectivity index (χ0) is 18.9. The van der Waals surface area contributed by atoms with Crippen LogP contribution < -0.4 is 9.64 Å². The quantitative estimate of drug-likeness (QED) is 0.768. The van der Waals surface area contributed by atoms with Crippen molar-refractivity contribution in [1.82, 2.24) is 4.98 Å². The molecule has 3 rings (SSSR count). The van der Waals surface area contributed by atoms with Crippen LogP contribution in [-0.2, 0) is 6.42 Å². The molecule has 138 valence electrons. The lowest BCUT2D eigenvalue weighted by Gasteiger charge is -2.30. The molecule has 0 bridgehead atoms. The summed E-state index contributed by atoms with van der Waals surface area (Å²) >= 11 is 0. The average Bonchev–Trinajstić information content (AvgIpc) is 2.58. The highest BCUT2D eigenvalue weighted by Crippen LogP contribution is 2.32. The number of amides is 1. The van der Waals surface area contributed by atoms with Gasteiger partial charge in [-0.3, -0.25) is 4.79 Å². The largest absolute Gasteiger partial charge is 0.467 e. The normalized spacial score (nSPS) is 14.1. The van der Waals surface area contributed by atoms with Crippen molar-refractivity contribution in [1.29, 1.82) is 0 Å². The molecular weight excluding hydrogens is 359 g/mol. The number of carbonyl (C=O) groups excluding carboxylic acids is 1. The standard InChI is InChI=1S/C17H13F5N2O2/c18-10-7-13(19)11-4-2-6-24(14(11)8-10)16(25)12-3-1-5-23-15(12)26-9-17(20,21)22/h1,3,5,7-8H,2,4,6,9H2. The van der Waals surface area contributed by atoms with Crippen molar-refractivity contribution in [3.05, 3.63) is 53.2 Å². The number of anilines is 1. The van der Waals surface area contributed by atoms with E-state index in [-0.39, 0.29) is 23.4 Å². The molecule has 0 N–H and O–H groups in total. The first-order valence-electron chi connectivity index (χ1n) is 7.70. The van der Waals surface area contributed by atoms with Crippen LogP contribution in [0.3, 0.4) is 0 Å². The number of ether oxygens (including phenoxy) is 1. The molecule has 26 heavy (non-hydrogen) atoms. The molecule has 2 aromatic rings. The number of fused-ring (bicyclic) bond motifs is 1. The van der Waals surface area contributed by atoms with Gasteiger partial charge in [-0.05, 0) is 31.0 Å². The average molecular weight is 372 g/mol. The number of nitrogens with zero attached hydrogens (tertiary/aromatic N) is 2. The molecule has 9 heteroatoms. The van der Waals surface area contributed by atoms with E-state index in [1.807, 2.05) is 0 Å². The maximum atomic E-state index is 14.0. The Morgan fingerprint density at radius 1 is 1.27 bits per heavy atom. The molecule has 0 aliphatic carbocycles. The van der Waals surface area contributed by atoms with Crippen molar-refractivity contribution in [2.45, 2.75) is 19.0 Å². The Bertz CT molecular complexity index is 838. The predicted octanol–water partition coefficient (Wildman–Crippen LogP) is 3.89. The van der Waals surface area contributed by atoms with E-state index >= 15 is 0 Å². The first kappa shape index (κ1) is 18.1. The number of rotatable bonds is 3. The second-order valence-corrected chi connectivity index (χ2v) is 5.71. The van der Waals surface area contributed by atoms with Crippen LogP contribution in [0.4, 0.5) is 27.6 Å². The van der Waals surface area contributed by atoms with E-state index in [4.69, 9.17) is 0 Å². The van der Waals surface area contributed by atoms with E-state index in [1.165, 1.54) is 18.3 Å². The minimum absolute atomic E-state index is 0.0596. The monoisotopic (exact) mass is 372 g/mol. The summed E-state index contributed by atoms with van der Waals surface area (Å²) in [5.74, 6) is -2.84. The maximum absolute atomic E-state index is 14.0. The summed E-state index contributed by atoms with van der Waals surface area (Å²) in [6.45, 7) is -1.44. The fraction of sp³-hybridized carbons (Fsp3) is 0.294. The van der Waals surface area contributed by atoms with E-state index in [0.717, 1.165) is 17.0 Å². The minimum Gasteiger partial charge on any atom is -0.467 e. The molecule has 1 amide bonds. The van der Waals surface area contributed by atoms with Crippen molar-refractivity contribution in [3.8, 4) is 5.88 Å². The second-order valence-electron chi connectivity index (χ2n) is 5.71. The summed E-state index contributed by atoms with van der Waals surface area (Å²) in [4.78, 5) is 17.6. The van der Waals surface area contributed by atoms with Gasteiger partial charge in [-0.25, -0.2) is 13.8 Å². The highest BCUT2D eigenvalue weighted by atomic mass is 19.4. The molecule has 0 saturated heterocycles. The molecule has 4 nitrogen and oxygen atoms in total. The molecule has 0 saturated carbocycles. The van der Waals surface area contributed by atoms with Crippen molar-refractivity contribution in [3.63, 3.8) is 0 Å². The number of aromatic nitrogens is 1. The van der Waals surface area contributed by atoms with Gasteiger partial charge in [0.1, 0.15) is 17.2 Å². The zero-order valence-electron chi connectivity index (χ0n) is 13.3. The Kier molecular flexibility index (Phi) is 4.80. The van der Waals surface area contributed by atoms with E-state index in [9.17, 15) is 26.7 Å². The third-order valence-electron chi connectivity index (χ3n) is 3.86. The number of benzene rings is 1. The summed E-state index contributed by atoms with van der Waals surface area (Å²) < 4.78 is 69.3. The van der Waals surface area contributed by atoms with Crippen LogP contribution in [-0.4, -0.2) is 30.2 Å².